The first-order chi connectivity index (χ1) is 9.95. The summed E-state index contributed by atoms with van der Waals surface area (Å²) in [5.74, 6) is -1.45. The number of nitrogens with zero attached hydrogens (tertiary/aromatic N) is 1. The van der Waals surface area contributed by atoms with Crippen molar-refractivity contribution in [3.63, 3.8) is 0 Å². The lowest BCUT2D eigenvalue weighted by Gasteiger charge is -2.18. The van der Waals surface area contributed by atoms with E-state index in [1.807, 2.05) is 0 Å². The van der Waals surface area contributed by atoms with E-state index in [0.717, 1.165) is 11.6 Å². The molecular formula is C16H16F2N2O. The fourth-order valence-electron chi connectivity index (χ4n) is 2.01. The molecule has 0 atom stereocenters. The lowest BCUT2D eigenvalue weighted by atomic mass is 10.1. The Balaban J connectivity index is 2.02. The van der Waals surface area contributed by atoms with E-state index in [4.69, 9.17) is 5.73 Å². The SMILES string of the molecule is CN(Cc1ccc(F)cc1F)C(=O)Cc1cccc(N)c1. The number of hydrogen-bond donors (Lipinski definition) is 1. The molecular weight excluding hydrogens is 274 g/mol. The molecule has 1 amide bonds. The first-order valence-corrected chi connectivity index (χ1v) is 6.48. The van der Waals surface area contributed by atoms with Gasteiger partial charge in [-0.15, -0.1) is 0 Å². The van der Waals surface area contributed by atoms with Gasteiger partial charge in [-0.1, -0.05) is 18.2 Å². The zero-order chi connectivity index (χ0) is 15.4. The fourth-order valence-corrected chi connectivity index (χ4v) is 2.01. The van der Waals surface area contributed by atoms with Crippen molar-refractivity contribution in [1.82, 2.24) is 4.90 Å². The monoisotopic (exact) mass is 290 g/mol. The predicted octanol–water partition coefficient (Wildman–Crippen LogP) is 2.75. The number of hydrogen-bond acceptors (Lipinski definition) is 2. The van der Waals surface area contributed by atoms with Gasteiger partial charge in [0.05, 0.1) is 6.42 Å². The van der Waals surface area contributed by atoms with Gasteiger partial charge in [-0.25, -0.2) is 8.78 Å². The molecule has 2 aromatic rings. The van der Waals surface area contributed by atoms with Gasteiger partial charge in [-0.2, -0.15) is 0 Å². The zero-order valence-corrected chi connectivity index (χ0v) is 11.6. The van der Waals surface area contributed by atoms with Gasteiger partial charge in [-0.3, -0.25) is 4.79 Å². The molecule has 0 radical (unpaired) electrons. The molecule has 2 rings (SSSR count). The quantitative estimate of drug-likeness (QED) is 0.880. The minimum atomic E-state index is -0.654. The fraction of sp³-hybridized carbons (Fsp3) is 0.188. The Morgan fingerprint density at radius 1 is 1.19 bits per heavy atom. The molecule has 0 heterocycles. The molecule has 5 heteroatoms. The highest BCUT2D eigenvalue weighted by Gasteiger charge is 2.13. The molecule has 0 aliphatic carbocycles. The third-order valence-corrected chi connectivity index (χ3v) is 3.15. The standard InChI is InChI=1S/C16H16F2N2O/c1-20(10-12-5-6-13(17)9-15(12)18)16(21)8-11-3-2-4-14(19)7-11/h2-7,9H,8,10,19H2,1H3. The number of nitrogen functional groups attached to an aromatic ring is 1. The molecule has 2 aromatic carbocycles. The van der Waals surface area contributed by atoms with Gasteiger partial charge >= 0.3 is 0 Å². The summed E-state index contributed by atoms with van der Waals surface area (Å²) in [6.45, 7) is 0.0905. The highest BCUT2D eigenvalue weighted by molar-refractivity contribution is 5.78. The van der Waals surface area contributed by atoms with Crippen LogP contribution in [0.3, 0.4) is 0 Å². The lowest BCUT2D eigenvalue weighted by Crippen LogP contribution is -2.28. The van der Waals surface area contributed by atoms with Crippen LogP contribution in [-0.2, 0) is 17.8 Å². The summed E-state index contributed by atoms with van der Waals surface area (Å²) in [4.78, 5) is 13.5. The Bertz CT molecular complexity index is 658. The molecule has 21 heavy (non-hydrogen) atoms. The Labute approximate surface area is 122 Å². The maximum absolute atomic E-state index is 13.6. The van der Waals surface area contributed by atoms with E-state index >= 15 is 0 Å². The number of anilines is 1. The molecule has 0 unspecified atom stereocenters. The molecule has 0 saturated carbocycles. The number of likely N-dealkylation sites (N-methyl/N-ethyl adjacent to an activating group) is 1. The van der Waals surface area contributed by atoms with Crippen LogP contribution in [0.25, 0.3) is 0 Å². The first kappa shape index (κ1) is 15.0. The third kappa shape index (κ3) is 4.02. The third-order valence-electron chi connectivity index (χ3n) is 3.15. The highest BCUT2D eigenvalue weighted by Crippen LogP contribution is 2.13. The van der Waals surface area contributed by atoms with Gasteiger partial charge in [0, 0.05) is 30.9 Å². The Morgan fingerprint density at radius 3 is 2.62 bits per heavy atom. The van der Waals surface area contributed by atoms with Crippen LogP contribution in [0.1, 0.15) is 11.1 Å². The van der Waals surface area contributed by atoms with Crippen molar-refractivity contribution in [2.45, 2.75) is 13.0 Å². The Morgan fingerprint density at radius 2 is 1.95 bits per heavy atom. The van der Waals surface area contributed by atoms with Crippen LogP contribution in [0.15, 0.2) is 42.5 Å². The van der Waals surface area contributed by atoms with Crippen LogP contribution in [0, 0.1) is 11.6 Å². The van der Waals surface area contributed by atoms with Gasteiger partial charge < -0.3 is 10.6 Å². The van der Waals surface area contributed by atoms with Gasteiger partial charge in [0.25, 0.3) is 0 Å². The molecule has 0 saturated heterocycles. The van der Waals surface area contributed by atoms with Crippen LogP contribution in [-0.4, -0.2) is 17.9 Å². The van der Waals surface area contributed by atoms with E-state index in [1.54, 1.807) is 31.3 Å². The van der Waals surface area contributed by atoms with Gasteiger partial charge in [0.2, 0.25) is 5.91 Å². The molecule has 0 spiro atoms. The molecule has 0 aliphatic heterocycles. The summed E-state index contributed by atoms with van der Waals surface area (Å²) in [5, 5.41) is 0. The van der Waals surface area contributed by atoms with E-state index < -0.39 is 11.6 Å². The van der Waals surface area contributed by atoms with Crippen molar-refractivity contribution in [3.05, 3.63) is 65.2 Å². The maximum atomic E-state index is 13.6. The number of halogens is 2. The summed E-state index contributed by atoms with van der Waals surface area (Å²) in [6, 6.07) is 10.4. The minimum absolute atomic E-state index is 0.0905. The molecule has 2 N–H and O–H groups in total. The van der Waals surface area contributed by atoms with Crippen LogP contribution in [0.4, 0.5) is 14.5 Å². The number of rotatable bonds is 4. The lowest BCUT2D eigenvalue weighted by molar-refractivity contribution is -0.129. The smallest absolute Gasteiger partial charge is 0.227 e. The Hall–Kier alpha value is -2.43. The second-order valence-electron chi connectivity index (χ2n) is 4.91. The van der Waals surface area contributed by atoms with Gasteiger partial charge in [0.1, 0.15) is 11.6 Å². The summed E-state index contributed by atoms with van der Waals surface area (Å²) in [7, 11) is 1.58. The Kier molecular flexibility index (Phi) is 4.52. The van der Waals surface area contributed by atoms with Crippen LogP contribution < -0.4 is 5.73 Å². The van der Waals surface area contributed by atoms with E-state index in [2.05, 4.69) is 0 Å². The normalized spacial score (nSPS) is 10.4. The van der Waals surface area contributed by atoms with Gasteiger partial charge in [-0.05, 0) is 23.8 Å². The van der Waals surface area contributed by atoms with E-state index in [0.29, 0.717) is 5.69 Å². The highest BCUT2D eigenvalue weighted by atomic mass is 19.1. The van der Waals surface area contributed by atoms with Crippen molar-refractivity contribution in [2.24, 2.45) is 0 Å². The van der Waals surface area contributed by atoms with Gasteiger partial charge in [0.15, 0.2) is 0 Å². The van der Waals surface area contributed by atoms with Crippen LogP contribution in [0.2, 0.25) is 0 Å². The van der Waals surface area contributed by atoms with Crippen molar-refractivity contribution in [1.29, 1.82) is 0 Å². The largest absolute Gasteiger partial charge is 0.399 e. The number of carbonyl (C=O) groups excluding carboxylic acids is 1. The molecule has 3 nitrogen and oxygen atoms in total. The summed E-state index contributed by atoms with van der Waals surface area (Å²) in [6.07, 6.45) is 0.185. The zero-order valence-electron chi connectivity index (χ0n) is 11.6. The first-order valence-electron chi connectivity index (χ1n) is 6.48. The average Bonchev–Trinajstić information content (AvgIpc) is 2.41. The van der Waals surface area contributed by atoms with Crippen molar-refractivity contribution in [3.8, 4) is 0 Å². The van der Waals surface area contributed by atoms with Crippen LogP contribution >= 0.6 is 0 Å². The van der Waals surface area contributed by atoms with Crippen molar-refractivity contribution in [2.75, 3.05) is 12.8 Å². The van der Waals surface area contributed by atoms with E-state index in [-0.39, 0.29) is 24.4 Å². The number of nitrogens with two attached hydrogens (primary N) is 1. The molecule has 0 aliphatic rings. The molecule has 110 valence electrons. The number of carbonyl (C=O) groups is 1. The van der Waals surface area contributed by atoms with Crippen molar-refractivity contribution < 1.29 is 13.6 Å². The topological polar surface area (TPSA) is 46.3 Å². The molecule has 0 fully saturated rings. The van der Waals surface area contributed by atoms with E-state index in [1.165, 1.54) is 17.0 Å². The summed E-state index contributed by atoms with van der Waals surface area (Å²) in [5.41, 5.74) is 7.32. The number of amides is 1. The molecule has 0 bridgehead atoms. The average molecular weight is 290 g/mol. The number of benzene rings is 2. The van der Waals surface area contributed by atoms with Crippen molar-refractivity contribution >= 4 is 11.6 Å². The predicted molar refractivity (Wildman–Crippen MR) is 77.4 cm³/mol. The van der Waals surface area contributed by atoms with Crippen LogP contribution in [0.5, 0.6) is 0 Å². The maximum Gasteiger partial charge on any atom is 0.227 e. The van der Waals surface area contributed by atoms with E-state index in [9.17, 15) is 13.6 Å². The summed E-state index contributed by atoms with van der Waals surface area (Å²) < 4.78 is 26.4. The minimum Gasteiger partial charge on any atom is -0.399 e. The second kappa shape index (κ2) is 6.35. The second-order valence-corrected chi connectivity index (χ2v) is 4.91. The molecule has 0 aromatic heterocycles. The summed E-state index contributed by atoms with van der Waals surface area (Å²) >= 11 is 0.